The summed E-state index contributed by atoms with van der Waals surface area (Å²) >= 11 is 0. The Morgan fingerprint density at radius 1 is 1.11 bits per heavy atom. The first kappa shape index (κ1) is 12.9. The monoisotopic (exact) mass is 251 g/mol. The quantitative estimate of drug-likeness (QED) is 0.812. The maximum absolute atomic E-state index is 6.17. The van der Waals surface area contributed by atoms with Gasteiger partial charge in [0.1, 0.15) is 0 Å². The van der Waals surface area contributed by atoms with E-state index in [-0.39, 0.29) is 0 Å². The number of nitrogens with zero attached hydrogens (tertiary/aromatic N) is 2. The van der Waals surface area contributed by atoms with Crippen LogP contribution in [-0.2, 0) is 0 Å². The summed E-state index contributed by atoms with van der Waals surface area (Å²) < 4.78 is 0. The molecule has 0 bridgehead atoms. The first-order chi connectivity index (χ1) is 8.75. The van der Waals surface area contributed by atoms with Gasteiger partial charge in [0.05, 0.1) is 0 Å². The molecular formula is C15H29N3. The molecule has 0 aromatic rings. The summed E-state index contributed by atoms with van der Waals surface area (Å²) in [4.78, 5) is 5.54. The van der Waals surface area contributed by atoms with Gasteiger partial charge < -0.3 is 5.73 Å². The molecule has 3 aliphatic rings. The summed E-state index contributed by atoms with van der Waals surface area (Å²) in [7, 11) is 0. The molecule has 2 N–H and O–H groups in total. The largest absolute Gasteiger partial charge is 0.329 e. The van der Waals surface area contributed by atoms with E-state index in [1.807, 2.05) is 0 Å². The van der Waals surface area contributed by atoms with Crippen molar-refractivity contribution < 1.29 is 0 Å². The number of hydrogen-bond donors (Lipinski definition) is 1. The van der Waals surface area contributed by atoms with Crippen molar-refractivity contribution in [2.24, 2.45) is 5.73 Å². The van der Waals surface area contributed by atoms with Crippen LogP contribution in [0, 0.1) is 0 Å². The number of hydrogen-bond acceptors (Lipinski definition) is 3. The normalized spacial score (nSPS) is 37.7. The van der Waals surface area contributed by atoms with Crippen molar-refractivity contribution in [3.63, 3.8) is 0 Å². The predicted molar refractivity (Wildman–Crippen MR) is 75.6 cm³/mol. The highest BCUT2D eigenvalue weighted by atomic mass is 15.3. The first-order valence-corrected chi connectivity index (χ1v) is 7.96. The summed E-state index contributed by atoms with van der Waals surface area (Å²) in [6.07, 6.45) is 9.68. The molecule has 18 heavy (non-hydrogen) atoms. The van der Waals surface area contributed by atoms with E-state index in [2.05, 4.69) is 16.7 Å². The Bertz CT molecular complexity index is 285. The van der Waals surface area contributed by atoms with Crippen molar-refractivity contribution in [1.29, 1.82) is 0 Å². The van der Waals surface area contributed by atoms with Gasteiger partial charge in [0, 0.05) is 37.3 Å². The van der Waals surface area contributed by atoms with Crippen molar-refractivity contribution in [1.82, 2.24) is 9.80 Å². The molecule has 2 saturated heterocycles. The number of rotatable bonds is 2. The summed E-state index contributed by atoms with van der Waals surface area (Å²) in [5.74, 6) is 0. The van der Waals surface area contributed by atoms with E-state index in [9.17, 15) is 0 Å². The molecular weight excluding hydrogens is 222 g/mol. The Labute approximate surface area is 112 Å². The molecule has 2 aliphatic heterocycles. The predicted octanol–water partition coefficient (Wildman–Crippen LogP) is 1.82. The van der Waals surface area contributed by atoms with Crippen LogP contribution in [0.25, 0.3) is 0 Å². The topological polar surface area (TPSA) is 32.5 Å². The zero-order valence-electron chi connectivity index (χ0n) is 11.9. The van der Waals surface area contributed by atoms with Gasteiger partial charge in [-0.15, -0.1) is 0 Å². The highest BCUT2D eigenvalue weighted by molar-refractivity contribution is 5.02. The minimum absolute atomic E-state index is 0.350. The molecule has 3 heteroatoms. The van der Waals surface area contributed by atoms with Crippen LogP contribution >= 0.6 is 0 Å². The molecule has 0 aromatic heterocycles. The smallest absolute Gasteiger partial charge is 0.0335 e. The van der Waals surface area contributed by atoms with E-state index < -0.39 is 0 Å². The van der Waals surface area contributed by atoms with Gasteiger partial charge >= 0.3 is 0 Å². The summed E-state index contributed by atoms with van der Waals surface area (Å²) in [5.41, 5.74) is 6.52. The molecule has 2 heterocycles. The number of piperazine rings is 1. The zero-order valence-corrected chi connectivity index (χ0v) is 11.9. The van der Waals surface area contributed by atoms with Crippen LogP contribution in [0.1, 0.15) is 51.9 Å². The molecule has 0 aromatic carbocycles. The van der Waals surface area contributed by atoms with Crippen LogP contribution in [0.2, 0.25) is 0 Å². The van der Waals surface area contributed by atoms with Crippen LogP contribution < -0.4 is 5.73 Å². The van der Waals surface area contributed by atoms with E-state index >= 15 is 0 Å². The summed E-state index contributed by atoms with van der Waals surface area (Å²) in [5, 5.41) is 0. The van der Waals surface area contributed by atoms with Gasteiger partial charge in [0.25, 0.3) is 0 Å². The second-order valence-electron chi connectivity index (χ2n) is 6.78. The third kappa shape index (κ3) is 2.10. The first-order valence-electron chi connectivity index (χ1n) is 7.96. The van der Waals surface area contributed by atoms with Gasteiger partial charge in [-0.1, -0.05) is 19.3 Å². The molecule has 104 valence electrons. The number of piperidine rings is 1. The molecule has 2 unspecified atom stereocenters. The van der Waals surface area contributed by atoms with Crippen LogP contribution in [0.15, 0.2) is 0 Å². The lowest BCUT2D eigenvalue weighted by Gasteiger charge is -2.54. The lowest BCUT2D eigenvalue weighted by molar-refractivity contribution is -0.0430. The van der Waals surface area contributed by atoms with Crippen molar-refractivity contribution >= 4 is 0 Å². The van der Waals surface area contributed by atoms with E-state index in [0.29, 0.717) is 11.6 Å². The highest BCUT2D eigenvalue weighted by Crippen LogP contribution is 2.38. The van der Waals surface area contributed by atoms with Gasteiger partial charge in [-0.25, -0.2) is 0 Å². The van der Waals surface area contributed by atoms with E-state index in [1.165, 1.54) is 64.6 Å². The molecule has 0 amide bonds. The fourth-order valence-electron chi connectivity index (χ4n) is 4.65. The molecule has 1 saturated carbocycles. The second-order valence-corrected chi connectivity index (χ2v) is 6.78. The average molecular weight is 251 g/mol. The Kier molecular flexibility index (Phi) is 3.65. The van der Waals surface area contributed by atoms with Crippen LogP contribution in [0.4, 0.5) is 0 Å². The summed E-state index contributed by atoms with van der Waals surface area (Å²) in [6.45, 7) is 7.16. The van der Waals surface area contributed by atoms with Gasteiger partial charge in [-0.2, -0.15) is 0 Å². The Balaban J connectivity index is 1.75. The molecule has 2 atom stereocenters. The van der Waals surface area contributed by atoms with Gasteiger partial charge in [-0.3, -0.25) is 9.80 Å². The Morgan fingerprint density at radius 2 is 1.89 bits per heavy atom. The molecule has 0 radical (unpaired) electrons. The standard InChI is InChI=1S/C15H29N3/c1-13-10-17-9-5-2-6-14(17)11-18(13)15(12-16)7-3-4-8-15/h13-14H,2-12,16H2,1H3. The minimum atomic E-state index is 0.350. The molecule has 0 spiro atoms. The number of nitrogens with two attached hydrogens (primary N) is 1. The van der Waals surface area contributed by atoms with Gasteiger partial charge in [0.2, 0.25) is 0 Å². The molecule has 1 aliphatic carbocycles. The molecule has 3 fully saturated rings. The van der Waals surface area contributed by atoms with Crippen molar-refractivity contribution in [3.05, 3.63) is 0 Å². The lowest BCUT2D eigenvalue weighted by atomic mass is 9.88. The SMILES string of the molecule is CC1CN2CCCCC2CN1C1(CN)CCCC1. The van der Waals surface area contributed by atoms with Gasteiger partial charge in [0.15, 0.2) is 0 Å². The number of fused-ring (bicyclic) bond motifs is 1. The second kappa shape index (κ2) is 5.10. The maximum atomic E-state index is 6.17. The lowest BCUT2D eigenvalue weighted by Crippen LogP contribution is -2.66. The van der Waals surface area contributed by atoms with E-state index in [0.717, 1.165) is 12.6 Å². The van der Waals surface area contributed by atoms with E-state index in [1.54, 1.807) is 0 Å². The molecule has 3 nitrogen and oxygen atoms in total. The average Bonchev–Trinajstić information content (AvgIpc) is 2.88. The Morgan fingerprint density at radius 3 is 2.61 bits per heavy atom. The van der Waals surface area contributed by atoms with Gasteiger partial charge in [-0.05, 0) is 39.2 Å². The van der Waals surface area contributed by atoms with Crippen molar-refractivity contribution in [2.75, 3.05) is 26.2 Å². The summed E-state index contributed by atoms with van der Waals surface area (Å²) in [6, 6.07) is 1.51. The van der Waals surface area contributed by atoms with Crippen LogP contribution in [0.3, 0.4) is 0 Å². The van der Waals surface area contributed by atoms with Crippen molar-refractivity contribution in [2.45, 2.75) is 69.5 Å². The third-order valence-electron chi connectivity index (χ3n) is 5.71. The minimum Gasteiger partial charge on any atom is -0.329 e. The third-order valence-corrected chi connectivity index (χ3v) is 5.71. The highest BCUT2D eigenvalue weighted by Gasteiger charge is 2.44. The van der Waals surface area contributed by atoms with Crippen LogP contribution in [-0.4, -0.2) is 53.6 Å². The van der Waals surface area contributed by atoms with Crippen LogP contribution in [0.5, 0.6) is 0 Å². The fourth-order valence-corrected chi connectivity index (χ4v) is 4.65. The fraction of sp³-hybridized carbons (Fsp3) is 1.00. The maximum Gasteiger partial charge on any atom is 0.0335 e. The zero-order chi connectivity index (χ0) is 12.6. The molecule has 3 rings (SSSR count). The van der Waals surface area contributed by atoms with Crippen molar-refractivity contribution in [3.8, 4) is 0 Å². The van der Waals surface area contributed by atoms with E-state index in [4.69, 9.17) is 5.73 Å². The Hall–Kier alpha value is -0.120.